The molecule has 1 aromatic carbocycles. The van der Waals surface area contributed by atoms with Crippen LogP contribution in [0.4, 0.5) is 0 Å². The number of hydrogen-bond acceptors (Lipinski definition) is 2. The Morgan fingerprint density at radius 1 is 1.15 bits per heavy atom. The van der Waals surface area contributed by atoms with Gasteiger partial charge in [-0.05, 0) is 49.7 Å². The molecular weight excluding hydrogens is 248 g/mol. The van der Waals surface area contributed by atoms with Crippen LogP contribution in [-0.4, -0.2) is 9.97 Å². The van der Waals surface area contributed by atoms with E-state index in [1.807, 2.05) is 24.3 Å². The van der Waals surface area contributed by atoms with Gasteiger partial charge < -0.3 is 4.98 Å². The molecule has 3 heteroatoms. The molecule has 0 unspecified atom stereocenters. The van der Waals surface area contributed by atoms with Crippen molar-refractivity contribution in [2.24, 2.45) is 11.8 Å². The highest BCUT2D eigenvalue weighted by atomic mass is 16.1. The molecule has 3 rings (SSSR count). The summed E-state index contributed by atoms with van der Waals surface area (Å²) >= 11 is 0. The Labute approximate surface area is 119 Å². The summed E-state index contributed by atoms with van der Waals surface area (Å²) in [5.74, 6) is 1.89. The van der Waals surface area contributed by atoms with Gasteiger partial charge in [0, 0.05) is 5.92 Å². The molecule has 3 nitrogen and oxygen atoms in total. The van der Waals surface area contributed by atoms with Crippen LogP contribution in [0.5, 0.6) is 0 Å². The van der Waals surface area contributed by atoms with E-state index < -0.39 is 0 Å². The zero-order valence-corrected chi connectivity index (χ0v) is 12.2. The zero-order valence-electron chi connectivity index (χ0n) is 12.2. The Bertz CT molecular complexity index is 651. The van der Waals surface area contributed by atoms with Crippen molar-refractivity contribution in [1.82, 2.24) is 9.97 Å². The molecule has 106 valence electrons. The first-order chi connectivity index (χ1) is 9.65. The van der Waals surface area contributed by atoms with Crippen LogP contribution in [0, 0.1) is 11.8 Å². The fourth-order valence-corrected chi connectivity index (χ4v) is 3.38. The van der Waals surface area contributed by atoms with E-state index >= 15 is 0 Å². The summed E-state index contributed by atoms with van der Waals surface area (Å²) < 4.78 is 0. The van der Waals surface area contributed by atoms with Crippen molar-refractivity contribution in [2.45, 2.75) is 45.4 Å². The zero-order chi connectivity index (χ0) is 14.1. The van der Waals surface area contributed by atoms with Gasteiger partial charge in [0.25, 0.3) is 5.56 Å². The number of aromatic amines is 1. The van der Waals surface area contributed by atoms with Crippen molar-refractivity contribution in [3.8, 4) is 0 Å². The number of nitrogens with zero attached hydrogens (tertiary/aromatic N) is 1. The van der Waals surface area contributed by atoms with Crippen molar-refractivity contribution in [2.75, 3.05) is 0 Å². The molecule has 1 heterocycles. The highest BCUT2D eigenvalue weighted by Crippen LogP contribution is 2.37. The molecule has 1 saturated carbocycles. The van der Waals surface area contributed by atoms with Crippen LogP contribution in [0.3, 0.4) is 0 Å². The third-order valence-electron chi connectivity index (χ3n) is 4.73. The molecule has 0 bridgehead atoms. The van der Waals surface area contributed by atoms with Crippen molar-refractivity contribution in [1.29, 1.82) is 0 Å². The summed E-state index contributed by atoms with van der Waals surface area (Å²) in [5, 5.41) is 0. The van der Waals surface area contributed by atoms with Crippen LogP contribution in [0.2, 0.25) is 0 Å². The fourth-order valence-electron chi connectivity index (χ4n) is 3.38. The third kappa shape index (κ3) is 2.49. The van der Waals surface area contributed by atoms with Gasteiger partial charge in [-0.15, -0.1) is 0 Å². The van der Waals surface area contributed by atoms with Gasteiger partial charge >= 0.3 is 0 Å². The number of rotatable bonds is 2. The van der Waals surface area contributed by atoms with Gasteiger partial charge in [0.05, 0.1) is 11.0 Å². The van der Waals surface area contributed by atoms with Crippen molar-refractivity contribution >= 4 is 11.0 Å². The highest BCUT2D eigenvalue weighted by Gasteiger charge is 2.26. The van der Waals surface area contributed by atoms with Crippen LogP contribution in [0.25, 0.3) is 11.0 Å². The quantitative estimate of drug-likeness (QED) is 0.900. The summed E-state index contributed by atoms with van der Waals surface area (Å²) in [7, 11) is 0. The molecule has 1 aromatic heterocycles. The van der Waals surface area contributed by atoms with E-state index in [4.69, 9.17) is 0 Å². The minimum Gasteiger partial charge on any atom is -0.319 e. The minimum absolute atomic E-state index is 0.00306. The van der Waals surface area contributed by atoms with E-state index in [0.29, 0.717) is 5.92 Å². The first-order valence-electron chi connectivity index (χ1n) is 7.64. The Hall–Kier alpha value is -1.64. The van der Waals surface area contributed by atoms with Gasteiger partial charge in [0.2, 0.25) is 0 Å². The van der Waals surface area contributed by atoms with Gasteiger partial charge in [0.1, 0.15) is 5.69 Å². The van der Waals surface area contributed by atoms with Crippen molar-refractivity contribution < 1.29 is 0 Å². The SMILES string of the molecule is CC(C)C1CCC(c2nc3ccccc3[nH]c2=O)CC1. The fraction of sp³-hybridized carbons (Fsp3) is 0.529. The summed E-state index contributed by atoms with van der Waals surface area (Å²) in [4.78, 5) is 19.8. The second-order valence-electron chi connectivity index (χ2n) is 6.32. The maximum atomic E-state index is 12.2. The molecule has 2 aromatic rings. The number of hydrogen-bond donors (Lipinski definition) is 1. The second-order valence-corrected chi connectivity index (χ2v) is 6.32. The molecule has 20 heavy (non-hydrogen) atoms. The summed E-state index contributed by atoms with van der Waals surface area (Å²) in [6.45, 7) is 4.60. The smallest absolute Gasteiger partial charge is 0.270 e. The van der Waals surface area contributed by atoms with E-state index in [2.05, 4.69) is 23.8 Å². The van der Waals surface area contributed by atoms with Crippen molar-refractivity contribution in [3.05, 3.63) is 40.3 Å². The van der Waals surface area contributed by atoms with Gasteiger partial charge in [-0.25, -0.2) is 4.98 Å². The first kappa shape index (κ1) is 13.3. The minimum atomic E-state index is -0.00306. The lowest BCUT2D eigenvalue weighted by Crippen LogP contribution is -2.24. The van der Waals surface area contributed by atoms with E-state index in [1.165, 1.54) is 12.8 Å². The van der Waals surface area contributed by atoms with Gasteiger partial charge in [-0.1, -0.05) is 26.0 Å². The predicted molar refractivity (Wildman–Crippen MR) is 81.9 cm³/mol. The molecule has 1 aliphatic carbocycles. The number of H-pyrrole nitrogens is 1. The molecule has 0 amide bonds. The lowest BCUT2D eigenvalue weighted by atomic mass is 9.76. The Balaban J connectivity index is 1.88. The maximum Gasteiger partial charge on any atom is 0.270 e. The average Bonchev–Trinajstić information content (AvgIpc) is 2.46. The Morgan fingerprint density at radius 3 is 2.55 bits per heavy atom. The van der Waals surface area contributed by atoms with E-state index in [1.54, 1.807) is 0 Å². The largest absolute Gasteiger partial charge is 0.319 e. The molecule has 0 aliphatic heterocycles. The van der Waals surface area contributed by atoms with E-state index in [-0.39, 0.29) is 5.56 Å². The van der Waals surface area contributed by atoms with Crippen molar-refractivity contribution in [3.63, 3.8) is 0 Å². The molecule has 0 atom stereocenters. The molecular formula is C17H22N2O. The van der Waals surface area contributed by atoms with E-state index in [9.17, 15) is 4.79 Å². The summed E-state index contributed by atoms with van der Waals surface area (Å²) in [5.41, 5.74) is 2.47. The lowest BCUT2D eigenvalue weighted by molar-refractivity contribution is 0.256. The first-order valence-corrected chi connectivity index (χ1v) is 7.64. The number of aromatic nitrogens is 2. The molecule has 0 radical (unpaired) electrons. The van der Waals surface area contributed by atoms with E-state index in [0.717, 1.165) is 41.4 Å². The molecule has 1 N–H and O–H groups in total. The number of para-hydroxylation sites is 2. The maximum absolute atomic E-state index is 12.2. The molecule has 1 fully saturated rings. The number of benzene rings is 1. The van der Waals surface area contributed by atoms with Gasteiger partial charge in [0.15, 0.2) is 0 Å². The highest BCUT2D eigenvalue weighted by molar-refractivity contribution is 5.73. The van der Waals surface area contributed by atoms with Crippen LogP contribution in [0.1, 0.15) is 51.1 Å². The topological polar surface area (TPSA) is 45.8 Å². The monoisotopic (exact) mass is 270 g/mol. The predicted octanol–water partition coefficient (Wildman–Crippen LogP) is 3.85. The van der Waals surface area contributed by atoms with Crippen LogP contribution in [0.15, 0.2) is 29.1 Å². The molecule has 1 aliphatic rings. The van der Waals surface area contributed by atoms with Crippen LogP contribution >= 0.6 is 0 Å². The number of nitrogens with one attached hydrogen (secondary N) is 1. The lowest BCUT2D eigenvalue weighted by Gasteiger charge is -2.30. The summed E-state index contributed by atoms with van der Waals surface area (Å²) in [6.07, 6.45) is 4.63. The van der Waals surface area contributed by atoms with Gasteiger partial charge in [-0.3, -0.25) is 4.79 Å². The Kier molecular flexibility index (Phi) is 3.60. The average molecular weight is 270 g/mol. The van der Waals surface area contributed by atoms with Crippen LogP contribution < -0.4 is 5.56 Å². The van der Waals surface area contributed by atoms with Gasteiger partial charge in [-0.2, -0.15) is 0 Å². The third-order valence-corrected chi connectivity index (χ3v) is 4.73. The molecule has 0 saturated heterocycles. The Morgan fingerprint density at radius 2 is 1.85 bits per heavy atom. The number of fused-ring (bicyclic) bond motifs is 1. The molecule has 0 spiro atoms. The normalized spacial score (nSPS) is 23.4. The second kappa shape index (κ2) is 5.39. The van der Waals surface area contributed by atoms with Crippen LogP contribution in [-0.2, 0) is 0 Å². The summed E-state index contributed by atoms with van der Waals surface area (Å²) in [6, 6.07) is 7.76. The standard InChI is InChI=1S/C17H22N2O/c1-11(2)12-7-9-13(10-8-12)16-17(20)19-15-6-4-3-5-14(15)18-16/h3-6,11-13H,7-10H2,1-2H3,(H,19,20).